The molecule has 19 N–H and O–H groups in total. The Balaban J connectivity index is 0.542. The molecule has 13 aliphatic heterocycles. The van der Waals surface area contributed by atoms with E-state index < -0.39 is 291 Å². The molecule has 20 amide bonds. The summed E-state index contributed by atoms with van der Waals surface area (Å²) >= 11 is 0. The Hall–Kier alpha value is -11.5. The van der Waals surface area contributed by atoms with E-state index in [9.17, 15) is 136 Å². The Morgan fingerprint density at radius 1 is 0.279 bits per heavy atom. The van der Waals surface area contributed by atoms with Crippen molar-refractivity contribution in [2.75, 3.05) is 137 Å². The maximum atomic E-state index is 14.5. The number of hydrogen-bond donors (Lipinski definition) is 18. The summed E-state index contributed by atoms with van der Waals surface area (Å²) in [4.78, 5) is 304. The fourth-order valence-electron chi connectivity index (χ4n) is 21.4. The van der Waals surface area contributed by atoms with Crippen LogP contribution in [0.5, 0.6) is 0 Å². The first kappa shape index (κ1) is 102. The molecule has 13 saturated heterocycles. The van der Waals surface area contributed by atoms with E-state index in [2.05, 4.69) is 47.9 Å². The molecule has 0 aliphatic carbocycles. The fourth-order valence-corrected chi connectivity index (χ4v) is 21.4. The van der Waals surface area contributed by atoms with Crippen LogP contribution in [0, 0.1) is 0 Å². The second kappa shape index (κ2) is 45.2. The number of hydrogen-bond acceptors (Lipinski definition) is 30. The van der Waals surface area contributed by atoms with Crippen LogP contribution in [0.2, 0.25) is 0 Å². The van der Waals surface area contributed by atoms with Crippen molar-refractivity contribution in [1.29, 1.82) is 0 Å². The molecule has 750 valence electrons. The lowest BCUT2D eigenvalue weighted by Gasteiger charge is -2.32. The lowest BCUT2D eigenvalue weighted by Crippen LogP contribution is -2.57. The van der Waals surface area contributed by atoms with Crippen molar-refractivity contribution < 1.29 is 142 Å². The molecule has 136 heavy (non-hydrogen) atoms. The molecule has 51 nitrogen and oxygen atoms in total. The maximum Gasteiger partial charge on any atom is 0.322 e. The Labute approximate surface area is 780 Å². The van der Waals surface area contributed by atoms with Crippen LogP contribution in [0.4, 0.5) is 0 Å². The molecule has 0 aromatic rings. The largest absolute Gasteiger partial charge is 0.480 e. The number of β-amino-alcohol motifs (C(OH)–C–C–N with tert-alkyl or cyclic N) is 7. The Morgan fingerprint density at radius 2 is 0.522 bits per heavy atom. The van der Waals surface area contributed by atoms with Gasteiger partial charge in [-0.2, -0.15) is 0 Å². The molecule has 13 rings (SSSR count). The zero-order chi connectivity index (χ0) is 97.9. The minimum absolute atomic E-state index is 0.00424. The number of unbranched alkanes of at least 4 members (excludes halogenated alkanes) is 1. The number of aliphatic hydroxyl groups is 7. The van der Waals surface area contributed by atoms with Crippen LogP contribution in [-0.2, 0) is 101 Å². The van der Waals surface area contributed by atoms with Crippen molar-refractivity contribution >= 4 is 124 Å². The number of carbonyl (C=O) groups excluding carboxylic acids is 20. The number of rotatable bonds is 33. The first-order valence-corrected chi connectivity index (χ1v) is 47.2. The van der Waals surface area contributed by atoms with Crippen LogP contribution in [0.1, 0.15) is 141 Å². The average Bonchev–Trinajstić information content (AvgIpc) is 1.65. The predicted octanol–water partition coefficient (Wildman–Crippen LogP) is -14.1. The normalized spacial score (nSPS) is 30.0. The van der Waals surface area contributed by atoms with Gasteiger partial charge in [-0.05, 0) is 109 Å². The quantitative estimate of drug-likeness (QED) is 0.0271. The number of nitrogens with zero attached hydrogens (tertiary/aromatic N) is 12. The summed E-state index contributed by atoms with van der Waals surface area (Å²) < 4.78 is 0. The summed E-state index contributed by atoms with van der Waals surface area (Å²) in [6.07, 6.45) is -5.22. The van der Waals surface area contributed by atoms with Gasteiger partial charge < -0.3 is 153 Å². The van der Waals surface area contributed by atoms with Gasteiger partial charge in [-0.3, -0.25) is 101 Å². The van der Waals surface area contributed by atoms with Gasteiger partial charge in [-0.1, -0.05) is 0 Å². The van der Waals surface area contributed by atoms with Crippen molar-refractivity contribution in [2.45, 2.75) is 269 Å². The second-order valence-electron chi connectivity index (χ2n) is 37.5. The Morgan fingerprint density at radius 3 is 0.772 bits per heavy atom. The number of aliphatic carboxylic acids is 1. The van der Waals surface area contributed by atoms with Crippen LogP contribution in [0.15, 0.2) is 0 Å². The van der Waals surface area contributed by atoms with E-state index in [1.165, 1.54) is 29.4 Å². The first-order valence-electron chi connectivity index (χ1n) is 47.2. The van der Waals surface area contributed by atoms with Gasteiger partial charge >= 0.3 is 5.97 Å². The van der Waals surface area contributed by atoms with Crippen molar-refractivity contribution in [3.63, 3.8) is 0 Å². The third-order valence-corrected chi connectivity index (χ3v) is 28.2. The van der Waals surface area contributed by atoms with Gasteiger partial charge in [0.1, 0.15) is 85.1 Å². The highest BCUT2D eigenvalue weighted by molar-refractivity contribution is 6.02. The summed E-state index contributed by atoms with van der Waals surface area (Å²) in [6.45, 7) is -5.77. The number of likely N-dealkylation sites (tertiary alicyclic amines) is 12. The van der Waals surface area contributed by atoms with E-state index in [1.807, 2.05) is 0 Å². The van der Waals surface area contributed by atoms with Gasteiger partial charge in [0, 0.05) is 124 Å². The SMILES string of the molecule is NCCCC[C@H](NC(=O)[C@@H]1C[C@@H](O)CN1C(=O)CNC(=O)[C@@H]1CCCN1C(=O)[C@@H]1C[C@@H](O)CN1C(=O)CNC(=O)[C@@H]1CCCN1C(=O)[C@@H]1C[C@@H](O)CN1)C(=O)NCC(=O)N1C[C@H](O)C[C@H]1C(=O)N1CCC[C@H]1C(=O)NCC(=O)N1C[C@H](O)C[C@H]1C(=O)N1CCC[C@H]1C(=O)NCC(=O)N1C[C@H](O)C[C@H]1C(=O)N1CCC[C@H]1C(=O)NCC(=O)N1C[C@H](O)C[C@H]1C(=O)N1CCC[C@H]1C(=O)NCC(=O)O. The fraction of sp³-hybridized carbons (Fsp3) is 0.753. The van der Waals surface area contributed by atoms with Crippen LogP contribution in [-0.4, -0.2) is 489 Å². The van der Waals surface area contributed by atoms with Crippen molar-refractivity contribution in [1.82, 2.24) is 107 Å². The van der Waals surface area contributed by atoms with Crippen molar-refractivity contribution in [2.24, 2.45) is 5.73 Å². The topological polar surface area (TPSA) is 693 Å². The highest BCUT2D eigenvalue weighted by Gasteiger charge is 2.54. The van der Waals surface area contributed by atoms with Crippen molar-refractivity contribution in [3.8, 4) is 0 Å². The van der Waals surface area contributed by atoms with Gasteiger partial charge in [0.25, 0.3) is 0 Å². The minimum atomic E-state index is -1.39. The lowest BCUT2D eigenvalue weighted by atomic mass is 10.1. The summed E-state index contributed by atoms with van der Waals surface area (Å²) in [5.41, 5.74) is 5.78. The third kappa shape index (κ3) is 23.5. The molecular weight excluding hydrogens is 1790 g/mol. The third-order valence-electron chi connectivity index (χ3n) is 28.2. The molecule has 0 aromatic heterocycles. The summed E-state index contributed by atoms with van der Waals surface area (Å²) in [7, 11) is 0. The number of carbonyl (C=O) groups is 21. The molecule has 13 fully saturated rings. The minimum Gasteiger partial charge on any atom is -0.480 e. The van der Waals surface area contributed by atoms with Crippen molar-refractivity contribution in [3.05, 3.63) is 0 Å². The molecule has 51 heteroatoms. The van der Waals surface area contributed by atoms with Gasteiger partial charge in [0.05, 0.1) is 88.0 Å². The Bertz CT molecular complexity index is 4590. The first-order chi connectivity index (χ1) is 64.9. The van der Waals surface area contributed by atoms with E-state index >= 15 is 0 Å². The molecular formula is C85H126N22O29. The highest BCUT2D eigenvalue weighted by Crippen LogP contribution is 2.34. The smallest absolute Gasteiger partial charge is 0.322 e. The van der Waals surface area contributed by atoms with Crippen LogP contribution < -0.4 is 53.6 Å². The highest BCUT2D eigenvalue weighted by atomic mass is 16.4. The van der Waals surface area contributed by atoms with E-state index in [1.54, 1.807) is 0 Å². The number of nitrogens with two attached hydrogens (primary N) is 1. The molecule has 0 saturated carbocycles. The van der Waals surface area contributed by atoms with Crippen LogP contribution in [0.25, 0.3) is 0 Å². The molecule has 0 unspecified atom stereocenters. The molecule has 13 heterocycles. The molecule has 0 spiro atoms. The number of nitrogens with one attached hydrogen (secondary N) is 9. The van der Waals surface area contributed by atoms with Crippen LogP contribution in [0.3, 0.4) is 0 Å². The Kier molecular flexibility index (Phi) is 33.9. The maximum absolute atomic E-state index is 14.5. The molecule has 0 aromatic carbocycles. The van der Waals surface area contributed by atoms with Gasteiger partial charge in [-0.25, -0.2) is 0 Å². The zero-order valence-electron chi connectivity index (χ0n) is 75.6. The van der Waals surface area contributed by atoms with Crippen LogP contribution >= 0.6 is 0 Å². The van der Waals surface area contributed by atoms with E-state index in [0.717, 1.165) is 29.4 Å². The predicted molar refractivity (Wildman–Crippen MR) is 461 cm³/mol. The molecule has 0 radical (unpaired) electrons. The zero-order valence-corrected chi connectivity index (χ0v) is 75.6. The second-order valence-corrected chi connectivity index (χ2v) is 37.5. The number of amides is 20. The number of carboxylic acid groups (broad SMARTS) is 1. The lowest BCUT2D eigenvalue weighted by molar-refractivity contribution is -0.148. The number of carboxylic acids is 1. The van der Waals surface area contributed by atoms with E-state index in [-0.39, 0.29) is 187 Å². The van der Waals surface area contributed by atoms with E-state index in [4.69, 9.17) is 10.8 Å². The van der Waals surface area contributed by atoms with Gasteiger partial charge in [-0.15, -0.1) is 0 Å². The molecule has 13 aliphatic rings. The van der Waals surface area contributed by atoms with Gasteiger partial charge in [0.2, 0.25) is 118 Å². The van der Waals surface area contributed by atoms with Gasteiger partial charge in [0.15, 0.2) is 0 Å². The number of aliphatic hydroxyl groups excluding tert-OH is 7. The monoisotopic (exact) mass is 1920 g/mol. The standard InChI is InChI=1S/C85H126N22O29/c86-16-2-1-9-51(95-79(130)59-24-45(109)38-102(59)65(115)32-89-74(125)54-11-4-18-97(54)82(133)61-26-47(111)40-104(61)67(117)33-90-73(124)53-10-3-17-96(53)80(131)52-23-44(108)30-87-52)72(123)88-31-66(116)103-39-46(110)25-60(103)81(132)98-19-5-12-55(98)75(126)91-34-68(118)105-41-48(112)27-62(105)83(134)99-20-6-13-56(99)76(127)92-35-69(119)106-42-49(113)28-63(106)84(135)100-21-7-14-57(100)77(128)93-36-70(120)107-43-50(114)29-64(107)85(136)101-22-8-15-58(101)78(129)94-37-71(121)122/h44-64,87,108-114H,1-43,86H2,(H,88,123)(H,89,125)(H,90,124)(H,91,126)(H,92,127)(H,93,128)(H,94,129)(H,95,130)(H,121,122)/t44-,45-,46-,47-,48-,49-,50-,51+,52+,53+,54+,55+,56+,57+,58+,59+,60+,61+,62+,63+,64+/m1/s1. The summed E-state index contributed by atoms with van der Waals surface area (Å²) in [6, 6.07) is -16.4. The summed E-state index contributed by atoms with van der Waals surface area (Å²) in [5, 5.41) is 107. The summed E-state index contributed by atoms with van der Waals surface area (Å²) in [5.74, 6) is -16.0. The average molecular weight is 1920 g/mol. The molecule has 21 atom stereocenters. The molecule has 0 bridgehead atoms. The van der Waals surface area contributed by atoms with E-state index in [0.29, 0.717) is 51.5 Å².